The van der Waals surface area contributed by atoms with Crippen LogP contribution in [0.4, 0.5) is 0 Å². The lowest BCUT2D eigenvalue weighted by Crippen LogP contribution is -2.35. The van der Waals surface area contributed by atoms with E-state index in [-0.39, 0.29) is 5.91 Å². The maximum absolute atomic E-state index is 11.8. The van der Waals surface area contributed by atoms with Gasteiger partial charge in [0.05, 0.1) is 0 Å². The number of carbonyl (C=O) groups excluding carboxylic acids is 1. The fraction of sp³-hybridized carbons (Fsp3) is 0.381. The topological polar surface area (TPSA) is 73.9 Å². The summed E-state index contributed by atoms with van der Waals surface area (Å²) in [5.74, 6) is 0.393. The van der Waals surface area contributed by atoms with Gasteiger partial charge in [-0.05, 0) is 60.9 Å². The molecule has 0 bridgehead atoms. The Morgan fingerprint density at radius 2 is 2.22 bits per heavy atom. The van der Waals surface area contributed by atoms with E-state index in [1.807, 2.05) is 12.3 Å². The second-order valence-electron chi connectivity index (χ2n) is 7.32. The zero-order chi connectivity index (χ0) is 18.6. The summed E-state index contributed by atoms with van der Waals surface area (Å²) in [6.45, 7) is 3.16. The molecule has 1 amide bonds. The maximum atomic E-state index is 11.8. The van der Waals surface area contributed by atoms with Gasteiger partial charge in [-0.2, -0.15) is 0 Å². The highest BCUT2D eigenvalue weighted by atomic mass is 16.1. The predicted molar refractivity (Wildman–Crippen MR) is 105 cm³/mol. The Bertz CT molecular complexity index is 935. The fourth-order valence-corrected chi connectivity index (χ4v) is 3.97. The molecule has 0 aliphatic carbocycles. The second-order valence-corrected chi connectivity index (χ2v) is 7.32. The summed E-state index contributed by atoms with van der Waals surface area (Å²) in [7, 11) is 1.62. The normalized spacial score (nSPS) is 17.9. The number of amides is 1. The van der Waals surface area contributed by atoms with Crippen molar-refractivity contribution in [2.24, 2.45) is 5.92 Å². The Hall–Kier alpha value is -2.73. The molecule has 1 saturated heterocycles. The lowest BCUT2D eigenvalue weighted by molar-refractivity contribution is 0.0957. The predicted octanol–water partition coefficient (Wildman–Crippen LogP) is 2.77. The highest BCUT2D eigenvalue weighted by molar-refractivity contribution is 5.91. The molecule has 2 aromatic heterocycles. The van der Waals surface area contributed by atoms with Crippen molar-refractivity contribution >= 4 is 16.8 Å². The Kier molecular flexibility index (Phi) is 5.16. The van der Waals surface area contributed by atoms with Crippen molar-refractivity contribution in [3.63, 3.8) is 0 Å². The average Bonchev–Trinajstić information content (AvgIpc) is 3.16. The van der Waals surface area contributed by atoms with Gasteiger partial charge >= 0.3 is 0 Å². The van der Waals surface area contributed by atoms with Crippen LogP contribution < -0.4 is 5.32 Å². The van der Waals surface area contributed by atoms with Crippen LogP contribution in [0.5, 0.6) is 0 Å². The summed E-state index contributed by atoms with van der Waals surface area (Å²) >= 11 is 0. The van der Waals surface area contributed by atoms with Gasteiger partial charge in [0.1, 0.15) is 12.0 Å². The Balaban J connectivity index is 1.40. The summed E-state index contributed by atoms with van der Waals surface area (Å²) in [5.41, 5.74) is 3.93. The first-order valence-electron chi connectivity index (χ1n) is 9.52. The number of H-pyrrole nitrogens is 1. The summed E-state index contributed by atoms with van der Waals surface area (Å²) < 4.78 is 0. The van der Waals surface area contributed by atoms with Crippen molar-refractivity contribution in [2.75, 3.05) is 20.1 Å². The molecule has 6 nitrogen and oxygen atoms in total. The highest BCUT2D eigenvalue weighted by Gasteiger charge is 2.21. The number of hydrogen-bond donors (Lipinski definition) is 2. The zero-order valence-electron chi connectivity index (χ0n) is 15.6. The standard InChI is InChI=1S/C21H25N5O/c1-22-21(27)20-11-18(24-14-25-20)9-15-3-2-8-26(12-15)13-16-4-5-17-6-7-23-19(17)10-16/h4-7,10-11,14-15,23H,2-3,8-9,12-13H2,1H3,(H,22,27)/t15-/m1/s1. The molecule has 1 aromatic carbocycles. The number of carbonyl (C=O) groups is 1. The Morgan fingerprint density at radius 3 is 3.11 bits per heavy atom. The van der Waals surface area contributed by atoms with Crippen LogP contribution in [-0.2, 0) is 13.0 Å². The molecule has 2 N–H and O–H groups in total. The summed E-state index contributed by atoms with van der Waals surface area (Å²) in [6, 6.07) is 10.6. The van der Waals surface area contributed by atoms with Crippen LogP contribution in [0.3, 0.4) is 0 Å². The van der Waals surface area contributed by atoms with Gasteiger partial charge in [-0.1, -0.05) is 12.1 Å². The molecule has 1 aliphatic rings. The SMILES string of the molecule is CNC(=O)c1cc(C[C@H]2CCCN(Cc3ccc4cc[nH]c4c3)C2)ncn1. The minimum atomic E-state index is -0.163. The molecular formula is C21H25N5O. The monoisotopic (exact) mass is 363 g/mol. The average molecular weight is 363 g/mol. The van der Waals surface area contributed by atoms with E-state index in [2.05, 4.69) is 49.4 Å². The van der Waals surface area contributed by atoms with Gasteiger partial charge in [-0.15, -0.1) is 0 Å². The smallest absolute Gasteiger partial charge is 0.269 e. The van der Waals surface area contributed by atoms with Gasteiger partial charge in [-0.25, -0.2) is 9.97 Å². The van der Waals surface area contributed by atoms with E-state index in [0.29, 0.717) is 11.6 Å². The molecule has 1 atom stereocenters. The number of aromatic amines is 1. The van der Waals surface area contributed by atoms with E-state index in [0.717, 1.165) is 31.7 Å². The van der Waals surface area contributed by atoms with E-state index >= 15 is 0 Å². The molecule has 140 valence electrons. The number of nitrogens with zero attached hydrogens (tertiary/aromatic N) is 3. The summed E-state index contributed by atoms with van der Waals surface area (Å²) in [6.07, 6.45) is 6.76. The Labute approximate surface area is 159 Å². The first-order chi connectivity index (χ1) is 13.2. The van der Waals surface area contributed by atoms with Crippen molar-refractivity contribution in [1.29, 1.82) is 0 Å². The van der Waals surface area contributed by atoms with Crippen LogP contribution >= 0.6 is 0 Å². The molecule has 0 spiro atoms. The van der Waals surface area contributed by atoms with Crippen LogP contribution in [0.25, 0.3) is 10.9 Å². The van der Waals surface area contributed by atoms with Crippen LogP contribution in [-0.4, -0.2) is 45.9 Å². The van der Waals surface area contributed by atoms with Gasteiger partial charge < -0.3 is 10.3 Å². The van der Waals surface area contributed by atoms with Gasteiger partial charge in [0.25, 0.3) is 5.91 Å². The Morgan fingerprint density at radius 1 is 1.30 bits per heavy atom. The zero-order valence-corrected chi connectivity index (χ0v) is 15.6. The second kappa shape index (κ2) is 7.88. The minimum absolute atomic E-state index is 0.163. The van der Waals surface area contributed by atoms with Crippen molar-refractivity contribution in [3.05, 3.63) is 59.8 Å². The van der Waals surface area contributed by atoms with E-state index in [4.69, 9.17) is 0 Å². The van der Waals surface area contributed by atoms with E-state index in [1.54, 1.807) is 7.05 Å². The number of hydrogen-bond acceptors (Lipinski definition) is 4. The van der Waals surface area contributed by atoms with E-state index in [1.165, 1.54) is 35.6 Å². The van der Waals surface area contributed by atoms with Crippen LogP contribution in [0.15, 0.2) is 42.9 Å². The summed E-state index contributed by atoms with van der Waals surface area (Å²) in [5, 5.41) is 3.87. The minimum Gasteiger partial charge on any atom is -0.361 e. The van der Waals surface area contributed by atoms with Gasteiger partial charge in [0.15, 0.2) is 0 Å². The van der Waals surface area contributed by atoms with Crippen molar-refractivity contribution in [1.82, 2.24) is 25.2 Å². The quantitative estimate of drug-likeness (QED) is 0.731. The molecule has 1 aliphatic heterocycles. The molecule has 3 heterocycles. The third kappa shape index (κ3) is 4.17. The maximum Gasteiger partial charge on any atom is 0.269 e. The van der Waals surface area contributed by atoms with Crippen molar-refractivity contribution in [2.45, 2.75) is 25.8 Å². The van der Waals surface area contributed by atoms with Gasteiger partial charge in [0, 0.05) is 37.5 Å². The third-order valence-electron chi connectivity index (χ3n) is 5.31. The highest BCUT2D eigenvalue weighted by Crippen LogP contribution is 2.23. The summed E-state index contributed by atoms with van der Waals surface area (Å²) in [4.78, 5) is 26.0. The first-order valence-corrected chi connectivity index (χ1v) is 9.52. The van der Waals surface area contributed by atoms with Gasteiger partial charge in [-0.3, -0.25) is 9.69 Å². The number of fused-ring (bicyclic) bond motifs is 1. The molecule has 3 aromatic rings. The fourth-order valence-electron chi connectivity index (χ4n) is 3.97. The van der Waals surface area contributed by atoms with Crippen molar-refractivity contribution in [3.8, 4) is 0 Å². The molecule has 4 rings (SSSR count). The van der Waals surface area contributed by atoms with Crippen LogP contribution in [0, 0.1) is 5.92 Å². The number of benzene rings is 1. The number of aromatic nitrogens is 3. The van der Waals surface area contributed by atoms with E-state index < -0.39 is 0 Å². The third-order valence-corrected chi connectivity index (χ3v) is 5.31. The molecule has 0 radical (unpaired) electrons. The number of rotatable bonds is 5. The molecule has 1 fully saturated rings. The van der Waals surface area contributed by atoms with Crippen LogP contribution in [0.2, 0.25) is 0 Å². The molecule has 27 heavy (non-hydrogen) atoms. The van der Waals surface area contributed by atoms with Crippen molar-refractivity contribution < 1.29 is 4.79 Å². The molecule has 0 saturated carbocycles. The number of likely N-dealkylation sites (tertiary alicyclic amines) is 1. The lowest BCUT2D eigenvalue weighted by Gasteiger charge is -2.32. The molecule has 0 unspecified atom stereocenters. The lowest BCUT2D eigenvalue weighted by atomic mass is 9.92. The number of piperidine rings is 1. The molecular weight excluding hydrogens is 338 g/mol. The first kappa shape index (κ1) is 17.7. The van der Waals surface area contributed by atoms with Crippen LogP contribution in [0.1, 0.15) is 34.6 Å². The van der Waals surface area contributed by atoms with E-state index in [9.17, 15) is 4.79 Å². The van der Waals surface area contributed by atoms with Gasteiger partial charge in [0.2, 0.25) is 0 Å². The molecule has 6 heteroatoms. The largest absolute Gasteiger partial charge is 0.361 e. The number of nitrogens with one attached hydrogen (secondary N) is 2.